The molecule has 4 rings (SSSR count). The van der Waals surface area contributed by atoms with Gasteiger partial charge in [0.1, 0.15) is 0 Å². The van der Waals surface area contributed by atoms with Crippen molar-refractivity contribution in [3.05, 3.63) is 95.8 Å². The number of rotatable bonds is 13. The second-order valence-corrected chi connectivity index (χ2v) is 11.4. The van der Waals surface area contributed by atoms with E-state index in [1.807, 2.05) is 29.2 Å². The number of nitrogens with zero attached hydrogens (tertiary/aromatic N) is 3. The molecule has 0 bridgehead atoms. The molecule has 0 spiro atoms. The summed E-state index contributed by atoms with van der Waals surface area (Å²) in [5, 5.41) is 0. The summed E-state index contributed by atoms with van der Waals surface area (Å²) in [6, 6.07) is 25.0. The molecule has 3 aromatic rings. The van der Waals surface area contributed by atoms with E-state index in [1.165, 1.54) is 12.0 Å². The molecule has 208 valence electrons. The molecule has 0 aliphatic heterocycles. The van der Waals surface area contributed by atoms with E-state index < -0.39 is 0 Å². The summed E-state index contributed by atoms with van der Waals surface area (Å²) in [7, 11) is 0. The third-order valence-corrected chi connectivity index (χ3v) is 7.91. The van der Waals surface area contributed by atoms with Crippen molar-refractivity contribution in [2.75, 3.05) is 13.1 Å². The smallest absolute Gasteiger partial charge is 0.242 e. The van der Waals surface area contributed by atoms with Crippen molar-refractivity contribution in [1.29, 1.82) is 0 Å². The largest absolute Gasteiger partial charge is 0.345 e. The molecular weight excluding hydrogens is 482 g/mol. The Balaban J connectivity index is 1.48. The minimum atomic E-state index is 0.0731. The minimum absolute atomic E-state index is 0.0731. The molecule has 1 aliphatic rings. The first-order chi connectivity index (χ1) is 19.0. The minimum Gasteiger partial charge on any atom is -0.345 e. The number of carbonyl (C=O) groups is 2. The standard InChI is InChI=1S/C34H45N3O2/c1-28(2)22-24-36(33(38)21-20-29-13-6-3-7-14-29)27-34(39)37(31-17-10-5-11-18-31)26-32-19-12-23-35(32)25-30-15-8-4-9-16-30/h3-4,6-9,12-16,19,23,28,31H,5,10-11,17-18,20-22,24-27H2,1-2H3. The zero-order valence-electron chi connectivity index (χ0n) is 23.8. The maximum atomic E-state index is 14.0. The zero-order chi connectivity index (χ0) is 27.5. The van der Waals surface area contributed by atoms with Crippen LogP contribution in [0.3, 0.4) is 0 Å². The number of hydrogen-bond acceptors (Lipinski definition) is 2. The van der Waals surface area contributed by atoms with Crippen molar-refractivity contribution < 1.29 is 9.59 Å². The van der Waals surface area contributed by atoms with Gasteiger partial charge >= 0.3 is 0 Å². The summed E-state index contributed by atoms with van der Waals surface area (Å²) in [5.74, 6) is 0.621. The molecule has 0 saturated heterocycles. The predicted octanol–water partition coefficient (Wildman–Crippen LogP) is 6.71. The number of aryl methyl sites for hydroxylation is 1. The summed E-state index contributed by atoms with van der Waals surface area (Å²) < 4.78 is 2.25. The second kappa shape index (κ2) is 14.7. The molecule has 39 heavy (non-hydrogen) atoms. The van der Waals surface area contributed by atoms with Crippen LogP contribution < -0.4 is 0 Å². The lowest BCUT2D eigenvalue weighted by Gasteiger charge is -2.36. The quantitative estimate of drug-likeness (QED) is 0.248. The lowest BCUT2D eigenvalue weighted by molar-refractivity contribution is -0.143. The lowest BCUT2D eigenvalue weighted by Crippen LogP contribution is -2.48. The SMILES string of the molecule is CC(C)CCN(CC(=O)N(Cc1cccn1Cc1ccccc1)C1CCCCC1)C(=O)CCc1ccccc1. The number of amides is 2. The molecule has 1 aromatic heterocycles. The van der Waals surface area contributed by atoms with Crippen LogP contribution in [0.1, 0.15) is 75.6 Å². The number of hydrogen-bond donors (Lipinski definition) is 0. The Morgan fingerprint density at radius 1 is 0.846 bits per heavy atom. The molecule has 0 atom stereocenters. The first-order valence-corrected chi connectivity index (χ1v) is 14.8. The van der Waals surface area contributed by atoms with Gasteiger partial charge in [-0.15, -0.1) is 0 Å². The Morgan fingerprint density at radius 2 is 1.51 bits per heavy atom. The van der Waals surface area contributed by atoms with Gasteiger partial charge in [-0.2, -0.15) is 0 Å². The van der Waals surface area contributed by atoms with Gasteiger partial charge in [0.15, 0.2) is 0 Å². The maximum absolute atomic E-state index is 14.0. The fourth-order valence-electron chi connectivity index (χ4n) is 5.53. The van der Waals surface area contributed by atoms with Crippen LogP contribution in [0.15, 0.2) is 79.0 Å². The van der Waals surface area contributed by atoms with E-state index in [1.54, 1.807) is 0 Å². The molecule has 5 nitrogen and oxygen atoms in total. The Kier molecular flexibility index (Phi) is 10.8. The van der Waals surface area contributed by atoms with Crippen LogP contribution in [0.4, 0.5) is 0 Å². The topological polar surface area (TPSA) is 45.6 Å². The van der Waals surface area contributed by atoms with Gasteiger partial charge in [0.25, 0.3) is 0 Å². The highest BCUT2D eigenvalue weighted by molar-refractivity contribution is 5.85. The summed E-state index contributed by atoms with van der Waals surface area (Å²) in [4.78, 5) is 31.3. The first-order valence-electron chi connectivity index (χ1n) is 14.8. The molecule has 1 saturated carbocycles. The normalized spacial score (nSPS) is 13.9. The third kappa shape index (κ3) is 8.84. The van der Waals surface area contributed by atoms with Gasteiger partial charge in [-0.3, -0.25) is 9.59 Å². The third-order valence-electron chi connectivity index (χ3n) is 7.91. The van der Waals surface area contributed by atoms with Crippen molar-refractivity contribution in [1.82, 2.24) is 14.4 Å². The van der Waals surface area contributed by atoms with Crippen molar-refractivity contribution >= 4 is 11.8 Å². The molecule has 0 radical (unpaired) electrons. The molecular formula is C34H45N3O2. The van der Waals surface area contributed by atoms with Crippen LogP contribution in [0.2, 0.25) is 0 Å². The van der Waals surface area contributed by atoms with E-state index in [9.17, 15) is 9.59 Å². The van der Waals surface area contributed by atoms with Gasteiger partial charge in [0.2, 0.25) is 11.8 Å². The van der Waals surface area contributed by atoms with Crippen LogP contribution in [0.5, 0.6) is 0 Å². The summed E-state index contributed by atoms with van der Waals surface area (Å²) in [6.07, 6.45) is 9.77. The van der Waals surface area contributed by atoms with Crippen LogP contribution in [0, 0.1) is 5.92 Å². The maximum Gasteiger partial charge on any atom is 0.242 e. The van der Waals surface area contributed by atoms with E-state index in [0.717, 1.165) is 49.9 Å². The first kappa shape index (κ1) is 28.7. The van der Waals surface area contributed by atoms with Crippen LogP contribution in [-0.2, 0) is 29.1 Å². The monoisotopic (exact) mass is 527 g/mol. The van der Waals surface area contributed by atoms with Gasteiger partial charge in [0, 0.05) is 37.4 Å². The Labute approximate surface area is 234 Å². The van der Waals surface area contributed by atoms with Crippen molar-refractivity contribution in [3.8, 4) is 0 Å². The molecule has 0 unspecified atom stereocenters. The van der Waals surface area contributed by atoms with Gasteiger partial charge < -0.3 is 14.4 Å². The van der Waals surface area contributed by atoms with Crippen LogP contribution >= 0.6 is 0 Å². The van der Waals surface area contributed by atoms with E-state index in [0.29, 0.717) is 31.8 Å². The Morgan fingerprint density at radius 3 is 2.18 bits per heavy atom. The van der Waals surface area contributed by atoms with Crippen LogP contribution in [-0.4, -0.2) is 45.3 Å². The second-order valence-electron chi connectivity index (χ2n) is 11.4. The van der Waals surface area contributed by atoms with E-state index in [-0.39, 0.29) is 24.4 Å². The molecule has 1 heterocycles. The molecule has 1 fully saturated rings. The van der Waals surface area contributed by atoms with E-state index >= 15 is 0 Å². The molecule has 2 amide bonds. The van der Waals surface area contributed by atoms with Crippen molar-refractivity contribution in [2.45, 2.75) is 84.3 Å². The summed E-state index contributed by atoms with van der Waals surface area (Å²) >= 11 is 0. The average Bonchev–Trinajstić information content (AvgIpc) is 3.40. The molecule has 5 heteroatoms. The predicted molar refractivity (Wildman–Crippen MR) is 158 cm³/mol. The number of benzene rings is 2. The number of aromatic nitrogens is 1. The van der Waals surface area contributed by atoms with E-state index in [2.05, 4.69) is 78.0 Å². The highest BCUT2D eigenvalue weighted by Crippen LogP contribution is 2.25. The highest BCUT2D eigenvalue weighted by atomic mass is 16.2. The fraction of sp³-hybridized carbons (Fsp3) is 0.471. The van der Waals surface area contributed by atoms with E-state index in [4.69, 9.17) is 0 Å². The van der Waals surface area contributed by atoms with Crippen LogP contribution in [0.25, 0.3) is 0 Å². The Hall–Kier alpha value is -3.34. The zero-order valence-corrected chi connectivity index (χ0v) is 23.8. The molecule has 2 aromatic carbocycles. The summed E-state index contributed by atoms with van der Waals surface area (Å²) in [5.41, 5.74) is 3.54. The van der Waals surface area contributed by atoms with Gasteiger partial charge in [-0.05, 0) is 54.9 Å². The lowest BCUT2D eigenvalue weighted by atomic mass is 9.94. The number of carbonyl (C=O) groups excluding carboxylic acids is 2. The average molecular weight is 528 g/mol. The van der Waals surface area contributed by atoms with Crippen molar-refractivity contribution in [2.24, 2.45) is 5.92 Å². The highest BCUT2D eigenvalue weighted by Gasteiger charge is 2.29. The Bertz CT molecular complexity index is 1150. The van der Waals surface area contributed by atoms with Gasteiger partial charge in [-0.1, -0.05) is 93.8 Å². The fourth-order valence-corrected chi connectivity index (χ4v) is 5.53. The molecule has 0 N–H and O–H groups in total. The van der Waals surface area contributed by atoms with Gasteiger partial charge in [-0.25, -0.2) is 0 Å². The van der Waals surface area contributed by atoms with Gasteiger partial charge in [0.05, 0.1) is 13.1 Å². The molecule has 1 aliphatic carbocycles. The van der Waals surface area contributed by atoms with Crippen molar-refractivity contribution in [3.63, 3.8) is 0 Å². The summed E-state index contributed by atoms with van der Waals surface area (Å²) in [6.45, 7) is 6.50.